The van der Waals surface area contributed by atoms with Gasteiger partial charge in [0, 0.05) is 42.4 Å². The molecule has 25 heavy (non-hydrogen) atoms. The average Bonchev–Trinajstić information content (AvgIpc) is 2.60. The molecule has 2 amide bonds. The minimum Gasteiger partial charge on any atom is -0.370 e. The van der Waals surface area contributed by atoms with E-state index in [0.29, 0.717) is 22.7 Å². The fourth-order valence-electron chi connectivity index (χ4n) is 3.69. The van der Waals surface area contributed by atoms with Gasteiger partial charge in [0.15, 0.2) is 0 Å². The molecule has 2 atom stereocenters. The molecule has 2 aliphatic rings. The number of benzene rings is 1. The highest BCUT2D eigenvalue weighted by Crippen LogP contribution is 2.35. The molecule has 4 nitrogen and oxygen atoms in total. The largest absolute Gasteiger partial charge is 0.370 e. The Kier molecular flexibility index (Phi) is 5.77. The van der Waals surface area contributed by atoms with Crippen molar-refractivity contribution in [3.63, 3.8) is 0 Å². The van der Waals surface area contributed by atoms with E-state index < -0.39 is 0 Å². The van der Waals surface area contributed by atoms with Crippen molar-refractivity contribution in [2.24, 2.45) is 0 Å². The van der Waals surface area contributed by atoms with Crippen LogP contribution in [0.4, 0.5) is 20.6 Å². The lowest BCUT2D eigenvalue weighted by Crippen LogP contribution is -2.53. The Morgan fingerprint density at radius 3 is 2.84 bits per heavy atom. The lowest BCUT2D eigenvalue weighted by Gasteiger charge is -2.43. The van der Waals surface area contributed by atoms with Gasteiger partial charge in [-0.25, -0.2) is 9.18 Å². The summed E-state index contributed by atoms with van der Waals surface area (Å²) in [7, 11) is 1.87. The Bertz CT molecular complexity index is 623. The van der Waals surface area contributed by atoms with Crippen LogP contribution < -0.4 is 10.2 Å². The van der Waals surface area contributed by atoms with Crippen LogP contribution in [-0.2, 0) is 0 Å². The number of anilines is 2. The van der Waals surface area contributed by atoms with Crippen LogP contribution in [0.1, 0.15) is 39.5 Å². The third kappa shape index (κ3) is 4.05. The Morgan fingerprint density at radius 1 is 1.36 bits per heavy atom. The molecule has 1 aliphatic carbocycles. The Morgan fingerprint density at radius 2 is 2.12 bits per heavy atom. The second kappa shape index (κ2) is 7.85. The second-order valence-corrected chi connectivity index (χ2v) is 8.60. The zero-order valence-corrected chi connectivity index (χ0v) is 16.1. The van der Waals surface area contributed by atoms with Gasteiger partial charge in [0.25, 0.3) is 0 Å². The van der Waals surface area contributed by atoms with Crippen molar-refractivity contribution in [2.45, 2.75) is 56.9 Å². The monoisotopic (exact) mass is 365 g/mol. The van der Waals surface area contributed by atoms with E-state index in [2.05, 4.69) is 5.32 Å². The van der Waals surface area contributed by atoms with Crippen molar-refractivity contribution in [1.29, 1.82) is 0 Å². The molecule has 0 bridgehead atoms. The number of carbonyl (C=O) groups is 1. The van der Waals surface area contributed by atoms with E-state index in [1.165, 1.54) is 25.3 Å². The molecule has 1 heterocycles. The van der Waals surface area contributed by atoms with Crippen LogP contribution >= 0.6 is 11.8 Å². The zero-order valence-electron chi connectivity index (χ0n) is 15.3. The number of nitrogens with one attached hydrogen (secondary N) is 1. The summed E-state index contributed by atoms with van der Waals surface area (Å²) >= 11 is 2.00. The predicted molar refractivity (Wildman–Crippen MR) is 104 cm³/mol. The average molecular weight is 366 g/mol. The van der Waals surface area contributed by atoms with E-state index in [0.717, 1.165) is 18.7 Å². The number of thioether (sulfide) groups is 1. The number of rotatable bonds is 3. The topological polar surface area (TPSA) is 35.6 Å². The molecule has 138 valence electrons. The van der Waals surface area contributed by atoms with Crippen LogP contribution in [0.5, 0.6) is 0 Å². The number of hydrogen-bond acceptors (Lipinski definition) is 3. The molecule has 1 saturated carbocycles. The quantitative estimate of drug-likeness (QED) is 0.853. The van der Waals surface area contributed by atoms with Crippen molar-refractivity contribution < 1.29 is 9.18 Å². The minimum atomic E-state index is -0.307. The Hall–Kier alpha value is -1.43. The molecule has 1 aliphatic heterocycles. The van der Waals surface area contributed by atoms with Gasteiger partial charge in [0.05, 0.1) is 5.69 Å². The van der Waals surface area contributed by atoms with E-state index in [-0.39, 0.29) is 17.9 Å². The first kappa shape index (κ1) is 18.4. The van der Waals surface area contributed by atoms with Crippen LogP contribution in [0.25, 0.3) is 0 Å². The standard InChI is InChI=1S/C19H28FN3OS/c1-13(2)22(3)16-9-8-14(12-15(16)20)21-19(24)23-10-11-25-18-7-5-4-6-17(18)23/h8-9,12-13,17-18H,4-7,10-11H2,1-3H3,(H,21,24)/t17-,18-/m0/s1. The van der Waals surface area contributed by atoms with Crippen LogP contribution in [0.3, 0.4) is 0 Å². The molecule has 2 fully saturated rings. The maximum atomic E-state index is 14.4. The lowest BCUT2D eigenvalue weighted by atomic mass is 9.93. The normalized spacial score (nSPS) is 23.3. The van der Waals surface area contributed by atoms with Gasteiger partial charge in [-0.1, -0.05) is 12.8 Å². The summed E-state index contributed by atoms with van der Waals surface area (Å²) in [6.45, 7) is 4.81. The first-order valence-corrected chi connectivity index (χ1v) is 10.2. The van der Waals surface area contributed by atoms with Gasteiger partial charge in [0.1, 0.15) is 5.82 Å². The Balaban J connectivity index is 1.69. The first-order valence-electron chi connectivity index (χ1n) is 9.19. The SMILES string of the molecule is CC(C)N(C)c1ccc(NC(=O)N2CCS[C@H]3CCCC[C@@H]32)cc1F. The molecule has 1 N–H and O–H groups in total. The minimum absolute atomic E-state index is 0.0958. The summed E-state index contributed by atoms with van der Waals surface area (Å²) in [5.41, 5.74) is 1.07. The number of carbonyl (C=O) groups excluding carboxylic acids is 1. The van der Waals surface area contributed by atoms with Gasteiger partial charge >= 0.3 is 6.03 Å². The smallest absolute Gasteiger partial charge is 0.322 e. The van der Waals surface area contributed by atoms with Gasteiger partial charge in [0.2, 0.25) is 0 Å². The van der Waals surface area contributed by atoms with Gasteiger partial charge in [-0.05, 0) is 44.9 Å². The van der Waals surface area contributed by atoms with Gasteiger partial charge in [-0.2, -0.15) is 11.8 Å². The molecule has 1 saturated heterocycles. The highest BCUT2D eigenvalue weighted by atomic mass is 32.2. The highest BCUT2D eigenvalue weighted by Gasteiger charge is 2.36. The molecule has 0 unspecified atom stereocenters. The van der Waals surface area contributed by atoms with Crippen LogP contribution in [0, 0.1) is 5.82 Å². The molecule has 0 aromatic heterocycles. The first-order chi connectivity index (χ1) is 12.0. The maximum absolute atomic E-state index is 14.4. The van der Waals surface area contributed by atoms with Crippen LogP contribution in [0.15, 0.2) is 18.2 Å². The van der Waals surface area contributed by atoms with Crippen LogP contribution in [-0.4, -0.2) is 47.6 Å². The summed E-state index contributed by atoms with van der Waals surface area (Å²) in [6.07, 6.45) is 4.73. The molecular weight excluding hydrogens is 337 g/mol. The maximum Gasteiger partial charge on any atom is 0.322 e. The summed E-state index contributed by atoms with van der Waals surface area (Å²) < 4.78 is 14.4. The molecular formula is C19H28FN3OS. The second-order valence-electron chi connectivity index (χ2n) is 7.26. The molecule has 1 aromatic carbocycles. The summed E-state index contributed by atoms with van der Waals surface area (Å²) in [6, 6.07) is 5.38. The number of halogens is 1. The van der Waals surface area contributed by atoms with Crippen molar-refractivity contribution in [3.8, 4) is 0 Å². The van der Waals surface area contributed by atoms with Gasteiger partial charge < -0.3 is 15.1 Å². The van der Waals surface area contributed by atoms with Gasteiger partial charge in [-0.3, -0.25) is 0 Å². The third-order valence-electron chi connectivity index (χ3n) is 5.35. The number of fused-ring (bicyclic) bond motifs is 1. The van der Waals surface area contributed by atoms with E-state index >= 15 is 0 Å². The van der Waals surface area contributed by atoms with E-state index in [1.807, 2.05) is 42.5 Å². The fraction of sp³-hybridized carbons (Fsp3) is 0.632. The number of nitrogens with zero attached hydrogens (tertiary/aromatic N) is 2. The van der Waals surface area contributed by atoms with E-state index in [4.69, 9.17) is 0 Å². The van der Waals surface area contributed by atoms with E-state index in [9.17, 15) is 9.18 Å². The van der Waals surface area contributed by atoms with Crippen molar-refractivity contribution in [3.05, 3.63) is 24.0 Å². The van der Waals surface area contributed by atoms with Crippen LogP contribution in [0.2, 0.25) is 0 Å². The Labute approximate surface area is 154 Å². The summed E-state index contributed by atoms with van der Waals surface area (Å²) in [4.78, 5) is 16.6. The number of urea groups is 1. The van der Waals surface area contributed by atoms with Crippen molar-refractivity contribution in [2.75, 3.05) is 29.6 Å². The summed E-state index contributed by atoms with van der Waals surface area (Å²) in [5.74, 6) is 0.680. The molecule has 6 heteroatoms. The van der Waals surface area contributed by atoms with Gasteiger partial charge in [-0.15, -0.1) is 0 Å². The highest BCUT2D eigenvalue weighted by molar-refractivity contribution is 8.00. The molecule has 0 spiro atoms. The molecule has 0 radical (unpaired) electrons. The summed E-state index contributed by atoms with van der Waals surface area (Å²) in [5, 5.41) is 3.46. The third-order valence-corrected chi connectivity index (χ3v) is 6.74. The number of hydrogen-bond donors (Lipinski definition) is 1. The molecule has 3 rings (SSSR count). The van der Waals surface area contributed by atoms with E-state index in [1.54, 1.807) is 12.1 Å². The lowest BCUT2D eigenvalue weighted by molar-refractivity contribution is 0.171. The number of amides is 2. The van der Waals surface area contributed by atoms with Crippen molar-refractivity contribution >= 4 is 29.2 Å². The van der Waals surface area contributed by atoms with Crippen molar-refractivity contribution in [1.82, 2.24) is 4.90 Å². The molecule has 1 aromatic rings. The predicted octanol–water partition coefficient (Wildman–Crippen LogP) is 4.56. The zero-order chi connectivity index (χ0) is 18.0. The fourth-order valence-corrected chi connectivity index (χ4v) is 5.14.